The molecule has 138 valence electrons. The number of nitro benzene ring substituents is 1. The molecule has 1 heterocycles. The van der Waals surface area contributed by atoms with E-state index in [1.165, 1.54) is 30.0 Å². The second kappa shape index (κ2) is 8.05. The number of nitrogens with one attached hydrogen (secondary N) is 1. The average Bonchev–Trinajstić information content (AvgIpc) is 3.08. The number of hydrogen-bond acceptors (Lipinski definition) is 5. The van der Waals surface area contributed by atoms with Gasteiger partial charge < -0.3 is 5.32 Å². The van der Waals surface area contributed by atoms with Gasteiger partial charge in [-0.25, -0.2) is 4.98 Å². The molecule has 8 heteroatoms. The van der Waals surface area contributed by atoms with Gasteiger partial charge in [-0.05, 0) is 43.2 Å². The van der Waals surface area contributed by atoms with Crippen LogP contribution in [0.25, 0.3) is 5.69 Å². The van der Waals surface area contributed by atoms with E-state index in [-0.39, 0.29) is 17.3 Å². The Balaban J connectivity index is 1.67. The van der Waals surface area contributed by atoms with Crippen LogP contribution in [-0.2, 0) is 4.79 Å². The van der Waals surface area contributed by atoms with E-state index in [1.54, 1.807) is 12.3 Å². The van der Waals surface area contributed by atoms with Crippen LogP contribution in [0, 0.1) is 24.0 Å². The molecule has 3 aromatic rings. The number of carbonyl (C=O) groups is 1. The number of thioether (sulfide) groups is 1. The highest BCUT2D eigenvalue weighted by molar-refractivity contribution is 7.99. The van der Waals surface area contributed by atoms with Gasteiger partial charge in [0.05, 0.1) is 10.7 Å². The Labute approximate surface area is 160 Å². The first-order valence-electron chi connectivity index (χ1n) is 8.21. The molecule has 0 aliphatic carbocycles. The average molecular weight is 382 g/mol. The van der Waals surface area contributed by atoms with Crippen LogP contribution in [0.2, 0.25) is 0 Å². The molecule has 0 aliphatic heterocycles. The van der Waals surface area contributed by atoms with Crippen molar-refractivity contribution in [3.8, 4) is 5.69 Å². The van der Waals surface area contributed by atoms with Gasteiger partial charge in [0.1, 0.15) is 0 Å². The van der Waals surface area contributed by atoms with Crippen molar-refractivity contribution in [2.24, 2.45) is 0 Å². The summed E-state index contributed by atoms with van der Waals surface area (Å²) in [6, 6.07) is 12.1. The molecule has 0 unspecified atom stereocenters. The van der Waals surface area contributed by atoms with Gasteiger partial charge in [-0.3, -0.25) is 19.5 Å². The lowest BCUT2D eigenvalue weighted by atomic mass is 10.1. The summed E-state index contributed by atoms with van der Waals surface area (Å²) in [6.45, 7) is 4.07. The van der Waals surface area contributed by atoms with Gasteiger partial charge in [0, 0.05) is 35.9 Å². The fourth-order valence-corrected chi connectivity index (χ4v) is 3.48. The van der Waals surface area contributed by atoms with Gasteiger partial charge in [0.25, 0.3) is 5.69 Å². The quantitative estimate of drug-likeness (QED) is 0.393. The van der Waals surface area contributed by atoms with Gasteiger partial charge in [-0.15, -0.1) is 0 Å². The number of anilines is 1. The first kappa shape index (κ1) is 18.7. The van der Waals surface area contributed by atoms with Crippen molar-refractivity contribution in [1.82, 2.24) is 9.55 Å². The van der Waals surface area contributed by atoms with E-state index in [4.69, 9.17) is 0 Å². The third-order valence-corrected chi connectivity index (χ3v) is 4.73. The van der Waals surface area contributed by atoms with E-state index in [2.05, 4.69) is 28.5 Å². The molecule has 2 aromatic carbocycles. The molecule has 0 saturated heterocycles. The minimum Gasteiger partial charge on any atom is -0.325 e. The highest BCUT2D eigenvalue weighted by Gasteiger charge is 2.11. The smallest absolute Gasteiger partial charge is 0.271 e. The summed E-state index contributed by atoms with van der Waals surface area (Å²) in [5.41, 5.74) is 3.63. The Kier molecular flexibility index (Phi) is 5.56. The zero-order chi connectivity index (χ0) is 19.4. The standard InChI is InChI=1S/C19H18N4O3S/c1-13-8-14(2)10-17(9-13)22-7-6-20-19(22)27-12-18(24)21-15-4-3-5-16(11-15)23(25)26/h3-11H,12H2,1-2H3,(H,21,24). The molecular weight excluding hydrogens is 364 g/mol. The normalized spacial score (nSPS) is 10.6. The third kappa shape index (κ3) is 4.73. The first-order valence-corrected chi connectivity index (χ1v) is 9.20. The van der Waals surface area contributed by atoms with Crippen LogP contribution in [0.5, 0.6) is 0 Å². The molecule has 0 bridgehead atoms. The summed E-state index contributed by atoms with van der Waals surface area (Å²) in [5, 5.41) is 14.2. The van der Waals surface area contributed by atoms with Crippen LogP contribution < -0.4 is 5.32 Å². The number of nitro groups is 1. The number of rotatable bonds is 6. The van der Waals surface area contributed by atoms with E-state index in [1.807, 2.05) is 24.6 Å². The molecule has 7 nitrogen and oxygen atoms in total. The van der Waals surface area contributed by atoms with Crippen LogP contribution in [0.4, 0.5) is 11.4 Å². The van der Waals surface area contributed by atoms with Gasteiger partial charge in [-0.1, -0.05) is 23.9 Å². The Hall–Kier alpha value is -3.13. The molecule has 27 heavy (non-hydrogen) atoms. The van der Waals surface area contributed by atoms with E-state index in [0.29, 0.717) is 10.8 Å². The summed E-state index contributed by atoms with van der Waals surface area (Å²) in [5.74, 6) is -0.111. The van der Waals surface area contributed by atoms with Crippen molar-refractivity contribution in [3.63, 3.8) is 0 Å². The van der Waals surface area contributed by atoms with Crippen molar-refractivity contribution >= 4 is 29.0 Å². The molecule has 3 rings (SSSR count). The zero-order valence-electron chi connectivity index (χ0n) is 14.9. The number of aryl methyl sites for hydroxylation is 2. The van der Waals surface area contributed by atoms with Gasteiger partial charge in [0.2, 0.25) is 5.91 Å². The zero-order valence-corrected chi connectivity index (χ0v) is 15.7. The summed E-state index contributed by atoms with van der Waals surface area (Å²) in [7, 11) is 0. The molecule has 1 amide bonds. The van der Waals surface area contributed by atoms with E-state index >= 15 is 0 Å². The van der Waals surface area contributed by atoms with Crippen molar-refractivity contribution in [2.45, 2.75) is 19.0 Å². The summed E-state index contributed by atoms with van der Waals surface area (Å²) >= 11 is 1.30. The lowest BCUT2D eigenvalue weighted by molar-refractivity contribution is -0.384. The molecule has 0 radical (unpaired) electrons. The molecule has 0 saturated carbocycles. The minimum atomic E-state index is -0.495. The molecule has 1 aromatic heterocycles. The Morgan fingerprint density at radius 3 is 2.67 bits per heavy atom. The number of amides is 1. The molecule has 0 aliphatic rings. The van der Waals surface area contributed by atoms with Crippen LogP contribution in [0.1, 0.15) is 11.1 Å². The maximum absolute atomic E-state index is 12.2. The number of non-ortho nitro benzene ring substituents is 1. The number of imidazole rings is 1. The second-order valence-electron chi connectivity index (χ2n) is 6.07. The Morgan fingerprint density at radius 2 is 1.96 bits per heavy atom. The molecule has 0 atom stereocenters. The highest BCUT2D eigenvalue weighted by Crippen LogP contribution is 2.23. The monoisotopic (exact) mass is 382 g/mol. The topological polar surface area (TPSA) is 90.1 Å². The summed E-state index contributed by atoms with van der Waals surface area (Å²) in [4.78, 5) is 26.9. The molecule has 1 N–H and O–H groups in total. The second-order valence-corrected chi connectivity index (χ2v) is 7.01. The van der Waals surface area contributed by atoms with Crippen LogP contribution >= 0.6 is 11.8 Å². The van der Waals surface area contributed by atoms with E-state index < -0.39 is 4.92 Å². The number of hydrogen-bond donors (Lipinski definition) is 1. The summed E-state index contributed by atoms with van der Waals surface area (Å²) in [6.07, 6.45) is 3.55. The van der Waals surface area contributed by atoms with Gasteiger partial charge >= 0.3 is 0 Å². The van der Waals surface area contributed by atoms with Crippen molar-refractivity contribution in [1.29, 1.82) is 0 Å². The number of carbonyl (C=O) groups excluding carboxylic acids is 1. The minimum absolute atomic E-state index is 0.0641. The van der Waals surface area contributed by atoms with Gasteiger partial charge in [0.15, 0.2) is 5.16 Å². The number of aromatic nitrogens is 2. The maximum atomic E-state index is 12.2. The Bertz CT molecular complexity index is 980. The first-order chi connectivity index (χ1) is 12.9. The van der Waals surface area contributed by atoms with Crippen molar-refractivity contribution in [2.75, 3.05) is 11.1 Å². The molecular formula is C19H18N4O3S. The SMILES string of the molecule is Cc1cc(C)cc(-n2ccnc2SCC(=O)Nc2cccc([N+](=O)[O-])c2)c1. The largest absolute Gasteiger partial charge is 0.325 e. The van der Waals surface area contributed by atoms with Crippen molar-refractivity contribution in [3.05, 3.63) is 76.1 Å². The third-order valence-electron chi connectivity index (χ3n) is 3.76. The highest BCUT2D eigenvalue weighted by atomic mass is 32.2. The van der Waals surface area contributed by atoms with E-state index in [0.717, 1.165) is 16.8 Å². The van der Waals surface area contributed by atoms with Crippen LogP contribution in [0.3, 0.4) is 0 Å². The maximum Gasteiger partial charge on any atom is 0.271 e. The van der Waals surface area contributed by atoms with Crippen molar-refractivity contribution < 1.29 is 9.72 Å². The van der Waals surface area contributed by atoms with Crippen LogP contribution in [0.15, 0.2) is 60.0 Å². The Morgan fingerprint density at radius 1 is 1.22 bits per heavy atom. The molecule has 0 fully saturated rings. The predicted molar refractivity (Wildman–Crippen MR) is 105 cm³/mol. The number of nitrogens with zero attached hydrogens (tertiary/aromatic N) is 3. The lowest BCUT2D eigenvalue weighted by Gasteiger charge is -2.10. The number of benzene rings is 2. The summed E-state index contributed by atoms with van der Waals surface area (Å²) < 4.78 is 1.94. The van der Waals surface area contributed by atoms with Gasteiger partial charge in [-0.2, -0.15) is 0 Å². The predicted octanol–water partition coefficient (Wildman–Crippen LogP) is 4.13. The van der Waals surface area contributed by atoms with E-state index in [9.17, 15) is 14.9 Å². The fraction of sp³-hybridized carbons (Fsp3) is 0.158. The fourth-order valence-electron chi connectivity index (χ4n) is 2.71. The molecule has 0 spiro atoms. The van der Waals surface area contributed by atoms with Crippen LogP contribution in [-0.4, -0.2) is 26.1 Å². The lowest BCUT2D eigenvalue weighted by Crippen LogP contribution is -2.14.